The normalized spacial score (nSPS) is 11.0. The van der Waals surface area contributed by atoms with Gasteiger partial charge in [0.25, 0.3) is 0 Å². The number of rotatable bonds is 13. The van der Waals surface area contributed by atoms with Crippen molar-refractivity contribution >= 4 is 29.9 Å². The molecule has 0 unspecified atom stereocenters. The zero-order valence-electron chi connectivity index (χ0n) is 16.0. The number of aliphatic hydroxyl groups is 1. The van der Waals surface area contributed by atoms with Crippen LogP contribution in [0.2, 0.25) is 0 Å². The Kier molecular flexibility index (Phi) is 15.2. The maximum Gasteiger partial charge on any atom is 0.188 e. The molecule has 0 atom stereocenters. The number of hydrogen-bond acceptors (Lipinski definition) is 4. The number of methoxy groups -OCH3 is 1. The van der Waals surface area contributed by atoms with Crippen LogP contribution in [0.1, 0.15) is 51.0 Å². The molecule has 0 bridgehead atoms. The van der Waals surface area contributed by atoms with E-state index >= 15 is 0 Å². The summed E-state index contributed by atoms with van der Waals surface area (Å²) in [6.07, 6.45) is 7.55. The Hall–Kier alpha value is -1.22. The molecule has 150 valence electrons. The van der Waals surface area contributed by atoms with Crippen molar-refractivity contribution in [3.05, 3.63) is 23.8 Å². The first kappa shape index (κ1) is 24.8. The van der Waals surface area contributed by atoms with Crippen LogP contribution in [0.3, 0.4) is 0 Å². The zero-order chi connectivity index (χ0) is 18.3. The van der Waals surface area contributed by atoms with Gasteiger partial charge in [-0.25, -0.2) is 4.99 Å². The smallest absolute Gasteiger partial charge is 0.188 e. The average Bonchev–Trinajstić information content (AvgIpc) is 2.64. The van der Waals surface area contributed by atoms with Crippen LogP contribution >= 0.6 is 24.0 Å². The van der Waals surface area contributed by atoms with Crippen LogP contribution in [0.5, 0.6) is 11.5 Å². The van der Waals surface area contributed by atoms with Gasteiger partial charge < -0.3 is 25.6 Å². The number of unbranched alkanes of at least 4 members (excludes halogenated alkanes) is 5. The summed E-state index contributed by atoms with van der Waals surface area (Å²) in [6, 6.07) is 5.61. The molecule has 0 amide bonds. The molecule has 1 rings (SSSR count). The first-order chi connectivity index (χ1) is 12.2. The molecule has 0 radical (unpaired) electrons. The van der Waals surface area contributed by atoms with Gasteiger partial charge in [-0.05, 0) is 24.1 Å². The van der Waals surface area contributed by atoms with Gasteiger partial charge in [-0.1, -0.05) is 45.1 Å². The first-order valence-electron chi connectivity index (χ1n) is 9.15. The monoisotopic (exact) mass is 479 g/mol. The first-order valence-corrected chi connectivity index (χ1v) is 9.15. The van der Waals surface area contributed by atoms with Gasteiger partial charge in [-0.3, -0.25) is 0 Å². The molecule has 0 heterocycles. The van der Waals surface area contributed by atoms with Crippen molar-refractivity contribution in [1.29, 1.82) is 0 Å². The summed E-state index contributed by atoms with van der Waals surface area (Å²) in [5, 5.41) is 12.0. The number of halogens is 1. The quantitative estimate of drug-likeness (QED) is 0.175. The fraction of sp³-hybridized carbons (Fsp3) is 0.632. The molecule has 0 aliphatic heterocycles. The molecule has 0 spiro atoms. The van der Waals surface area contributed by atoms with Crippen LogP contribution in [0.15, 0.2) is 23.2 Å². The molecule has 4 N–H and O–H groups in total. The highest BCUT2D eigenvalue weighted by atomic mass is 127. The van der Waals surface area contributed by atoms with Crippen LogP contribution in [-0.4, -0.2) is 37.9 Å². The summed E-state index contributed by atoms with van der Waals surface area (Å²) in [7, 11) is 1.59. The second-order valence-corrected chi connectivity index (χ2v) is 5.95. The summed E-state index contributed by atoms with van der Waals surface area (Å²) in [5.41, 5.74) is 6.89. The lowest BCUT2D eigenvalue weighted by Gasteiger charge is -2.11. The third kappa shape index (κ3) is 10.7. The third-order valence-corrected chi connectivity index (χ3v) is 3.85. The van der Waals surface area contributed by atoms with Gasteiger partial charge >= 0.3 is 0 Å². The van der Waals surface area contributed by atoms with Crippen molar-refractivity contribution in [2.75, 3.05) is 26.9 Å². The Bertz CT molecular complexity index is 513. The van der Waals surface area contributed by atoms with E-state index in [-0.39, 0.29) is 37.2 Å². The molecule has 6 nitrogen and oxygen atoms in total. The summed E-state index contributed by atoms with van der Waals surface area (Å²) < 4.78 is 10.7. The molecule has 0 aliphatic carbocycles. The van der Waals surface area contributed by atoms with Gasteiger partial charge in [-0.15, -0.1) is 24.0 Å². The van der Waals surface area contributed by atoms with Crippen molar-refractivity contribution in [3.63, 3.8) is 0 Å². The second kappa shape index (κ2) is 16.0. The van der Waals surface area contributed by atoms with E-state index in [0.29, 0.717) is 24.0 Å². The molecular weight excluding hydrogens is 445 g/mol. The zero-order valence-corrected chi connectivity index (χ0v) is 18.3. The standard InChI is InChI=1S/C19H33N3O3.HI/c1-3-4-5-6-7-8-11-21-19(20)22-15-16-9-10-17(25-13-12-23)18(14-16)24-2;/h9-10,14,23H,3-8,11-13,15H2,1-2H3,(H3,20,21,22);1H. The summed E-state index contributed by atoms with van der Waals surface area (Å²) >= 11 is 0. The van der Waals surface area contributed by atoms with E-state index in [1.54, 1.807) is 7.11 Å². The van der Waals surface area contributed by atoms with E-state index in [2.05, 4.69) is 17.2 Å². The average molecular weight is 479 g/mol. The molecule has 7 heteroatoms. The van der Waals surface area contributed by atoms with Crippen LogP contribution in [0.4, 0.5) is 0 Å². The number of nitrogens with two attached hydrogens (primary N) is 1. The largest absolute Gasteiger partial charge is 0.493 e. The molecule has 0 aromatic heterocycles. The maximum atomic E-state index is 8.83. The summed E-state index contributed by atoms with van der Waals surface area (Å²) in [4.78, 5) is 4.36. The number of nitrogens with one attached hydrogen (secondary N) is 1. The topological polar surface area (TPSA) is 89.1 Å². The van der Waals surface area contributed by atoms with E-state index in [0.717, 1.165) is 18.5 Å². The van der Waals surface area contributed by atoms with Crippen molar-refractivity contribution < 1.29 is 14.6 Å². The molecule has 0 saturated heterocycles. The number of guanidine groups is 1. The highest BCUT2D eigenvalue weighted by Gasteiger charge is 2.05. The molecule has 0 aliphatic rings. The summed E-state index contributed by atoms with van der Waals surface area (Å²) in [6.45, 7) is 3.77. The highest BCUT2D eigenvalue weighted by molar-refractivity contribution is 14.0. The number of benzene rings is 1. The molecule has 26 heavy (non-hydrogen) atoms. The van der Waals surface area contributed by atoms with E-state index in [9.17, 15) is 0 Å². The van der Waals surface area contributed by atoms with Gasteiger partial charge in [0, 0.05) is 6.54 Å². The van der Waals surface area contributed by atoms with E-state index in [1.165, 1.54) is 32.1 Å². The van der Waals surface area contributed by atoms with Gasteiger partial charge in [-0.2, -0.15) is 0 Å². The van der Waals surface area contributed by atoms with Gasteiger partial charge in [0.15, 0.2) is 17.5 Å². The lowest BCUT2D eigenvalue weighted by atomic mass is 10.1. The van der Waals surface area contributed by atoms with Gasteiger partial charge in [0.1, 0.15) is 6.61 Å². The Morgan fingerprint density at radius 3 is 2.58 bits per heavy atom. The van der Waals surface area contributed by atoms with E-state index in [4.69, 9.17) is 20.3 Å². The van der Waals surface area contributed by atoms with Crippen LogP contribution in [0, 0.1) is 0 Å². The molecule has 0 fully saturated rings. The fourth-order valence-corrected chi connectivity index (χ4v) is 2.44. The number of hydrogen-bond donors (Lipinski definition) is 3. The highest BCUT2D eigenvalue weighted by Crippen LogP contribution is 2.28. The number of aliphatic hydroxyl groups excluding tert-OH is 1. The van der Waals surface area contributed by atoms with Gasteiger partial charge in [0.2, 0.25) is 0 Å². The number of nitrogens with zero attached hydrogens (tertiary/aromatic N) is 1. The minimum atomic E-state index is -0.0317. The van der Waals surface area contributed by atoms with E-state index in [1.807, 2.05) is 18.2 Å². The van der Waals surface area contributed by atoms with Crippen LogP contribution < -0.4 is 20.5 Å². The Labute approximate surface area is 174 Å². The number of aliphatic imine (C=N–C) groups is 1. The maximum absolute atomic E-state index is 8.83. The lowest BCUT2D eigenvalue weighted by molar-refractivity contribution is 0.196. The molecule has 0 saturated carbocycles. The van der Waals surface area contributed by atoms with Crippen LogP contribution in [-0.2, 0) is 6.54 Å². The van der Waals surface area contributed by atoms with Crippen molar-refractivity contribution in [2.45, 2.75) is 52.0 Å². The Morgan fingerprint density at radius 1 is 1.15 bits per heavy atom. The lowest BCUT2D eigenvalue weighted by Crippen LogP contribution is -2.32. The van der Waals surface area contributed by atoms with Crippen molar-refractivity contribution in [3.8, 4) is 11.5 Å². The van der Waals surface area contributed by atoms with Crippen molar-refractivity contribution in [1.82, 2.24) is 5.32 Å². The number of ether oxygens (including phenoxy) is 2. The Morgan fingerprint density at radius 2 is 1.88 bits per heavy atom. The minimum absolute atomic E-state index is 0. The van der Waals surface area contributed by atoms with Crippen LogP contribution in [0.25, 0.3) is 0 Å². The van der Waals surface area contributed by atoms with E-state index < -0.39 is 0 Å². The molecular formula is C19H34IN3O3. The third-order valence-electron chi connectivity index (χ3n) is 3.85. The second-order valence-electron chi connectivity index (χ2n) is 5.95. The van der Waals surface area contributed by atoms with Crippen molar-refractivity contribution in [2.24, 2.45) is 10.7 Å². The summed E-state index contributed by atoms with van der Waals surface area (Å²) in [5.74, 6) is 1.70. The SMILES string of the molecule is CCCCCCCCNC(N)=NCc1ccc(OCCO)c(OC)c1.I. The predicted molar refractivity (Wildman–Crippen MR) is 118 cm³/mol. The molecule has 1 aromatic rings. The molecule has 1 aromatic carbocycles. The Balaban J connectivity index is 0.00000625. The predicted octanol–water partition coefficient (Wildman–Crippen LogP) is 3.45. The van der Waals surface area contributed by atoms with Gasteiger partial charge in [0.05, 0.1) is 20.3 Å². The fourth-order valence-electron chi connectivity index (χ4n) is 2.44. The minimum Gasteiger partial charge on any atom is -0.493 e.